The second-order valence-electron chi connectivity index (χ2n) is 4.55. The fraction of sp³-hybridized carbons (Fsp3) is 0.538. The van der Waals surface area contributed by atoms with Crippen molar-refractivity contribution in [1.82, 2.24) is 4.98 Å². The predicted molar refractivity (Wildman–Crippen MR) is 73.3 cm³/mol. The Bertz CT molecular complexity index is 472. The number of anilines is 1. The van der Waals surface area contributed by atoms with Crippen molar-refractivity contribution >= 4 is 21.6 Å². The van der Waals surface area contributed by atoms with E-state index in [0.717, 1.165) is 31.5 Å². The van der Waals surface area contributed by atoms with Crippen LogP contribution in [0.5, 0.6) is 0 Å². The summed E-state index contributed by atoms with van der Waals surface area (Å²) >= 11 is 3.28. The first kappa shape index (κ1) is 13.3. The van der Waals surface area contributed by atoms with Gasteiger partial charge in [-0.1, -0.05) is 6.92 Å². The molecule has 0 saturated carbocycles. The van der Waals surface area contributed by atoms with Crippen molar-refractivity contribution in [2.75, 3.05) is 11.4 Å². The second kappa shape index (κ2) is 5.68. The number of piperidine rings is 1. The van der Waals surface area contributed by atoms with Crippen LogP contribution in [-0.2, 0) is 0 Å². The molecule has 5 heteroatoms. The molecular weight excluding hydrogens is 294 g/mol. The molecule has 18 heavy (non-hydrogen) atoms. The number of nitrogens with zero attached hydrogens (tertiary/aromatic N) is 3. The summed E-state index contributed by atoms with van der Waals surface area (Å²) in [4.78, 5) is 6.41. The maximum Gasteiger partial charge on any atom is 0.165 e. The van der Waals surface area contributed by atoms with Crippen LogP contribution in [0.2, 0.25) is 0 Å². The Hall–Kier alpha value is -1.12. The van der Waals surface area contributed by atoms with E-state index in [4.69, 9.17) is 0 Å². The van der Waals surface area contributed by atoms with E-state index in [-0.39, 0.29) is 12.1 Å². The van der Waals surface area contributed by atoms with Crippen LogP contribution in [0.1, 0.15) is 31.9 Å². The minimum atomic E-state index is -0.222. The van der Waals surface area contributed by atoms with Crippen LogP contribution in [0.4, 0.5) is 5.69 Å². The lowest BCUT2D eigenvalue weighted by molar-refractivity contribution is 0.127. The van der Waals surface area contributed by atoms with Gasteiger partial charge in [-0.3, -0.25) is 0 Å². The molecule has 1 aliphatic heterocycles. The number of pyridine rings is 1. The number of rotatable bonds is 2. The Morgan fingerprint density at radius 3 is 3.06 bits per heavy atom. The third-order valence-electron chi connectivity index (χ3n) is 3.41. The first-order chi connectivity index (χ1) is 8.65. The predicted octanol–water partition coefficient (Wildman–Crippen LogP) is 2.46. The Kier molecular flexibility index (Phi) is 4.20. The second-order valence-corrected chi connectivity index (χ2v) is 5.36. The minimum absolute atomic E-state index is 0.222. The van der Waals surface area contributed by atoms with E-state index in [1.54, 1.807) is 0 Å². The highest BCUT2D eigenvalue weighted by Gasteiger charge is 2.28. The molecule has 1 aromatic rings. The number of aliphatic hydroxyl groups is 1. The quantitative estimate of drug-likeness (QED) is 0.853. The standard InChI is InChI=1S/C13H16BrN3O/c1-2-9-7-10(18)5-6-17(9)12-3-4-13(14)16-11(12)8-15/h3-4,9-10,18H,2,5-7H2,1H3/t9-,10-/m1/s1. The van der Waals surface area contributed by atoms with Crippen molar-refractivity contribution in [3.63, 3.8) is 0 Å². The lowest BCUT2D eigenvalue weighted by Crippen LogP contribution is -2.44. The van der Waals surface area contributed by atoms with Crippen LogP contribution in [0.25, 0.3) is 0 Å². The molecule has 1 saturated heterocycles. The average Bonchev–Trinajstić information content (AvgIpc) is 2.38. The molecule has 0 bridgehead atoms. The Morgan fingerprint density at radius 1 is 1.61 bits per heavy atom. The molecule has 0 radical (unpaired) electrons. The molecule has 0 unspecified atom stereocenters. The van der Waals surface area contributed by atoms with Gasteiger partial charge in [-0.25, -0.2) is 4.98 Å². The fourth-order valence-corrected chi connectivity index (χ4v) is 2.79. The zero-order chi connectivity index (χ0) is 13.1. The summed E-state index contributed by atoms with van der Waals surface area (Å²) in [7, 11) is 0. The molecular formula is C13H16BrN3O. The summed E-state index contributed by atoms with van der Waals surface area (Å²) in [5, 5.41) is 18.9. The molecule has 0 amide bonds. The van der Waals surface area contributed by atoms with Crippen molar-refractivity contribution in [1.29, 1.82) is 5.26 Å². The van der Waals surface area contributed by atoms with Gasteiger partial charge < -0.3 is 10.0 Å². The number of aliphatic hydroxyl groups excluding tert-OH is 1. The van der Waals surface area contributed by atoms with E-state index in [9.17, 15) is 10.4 Å². The molecule has 1 aliphatic rings. The van der Waals surface area contributed by atoms with Gasteiger partial charge >= 0.3 is 0 Å². The summed E-state index contributed by atoms with van der Waals surface area (Å²) in [6.45, 7) is 2.88. The number of hydrogen-bond acceptors (Lipinski definition) is 4. The van der Waals surface area contributed by atoms with Gasteiger partial charge in [0.15, 0.2) is 5.69 Å². The zero-order valence-corrected chi connectivity index (χ0v) is 11.9. The molecule has 0 aromatic carbocycles. The van der Waals surface area contributed by atoms with Crippen LogP contribution < -0.4 is 4.90 Å². The van der Waals surface area contributed by atoms with Gasteiger partial charge in [0.25, 0.3) is 0 Å². The highest BCUT2D eigenvalue weighted by atomic mass is 79.9. The minimum Gasteiger partial charge on any atom is -0.393 e. The van der Waals surface area contributed by atoms with Gasteiger partial charge in [0, 0.05) is 12.6 Å². The third kappa shape index (κ3) is 2.65. The van der Waals surface area contributed by atoms with Crippen molar-refractivity contribution in [3.05, 3.63) is 22.4 Å². The van der Waals surface area contributed by atoms with E-state index in [1.807, 2.05) is 12.1 Å². The third-order valence-corrected chi connectivity index (χ3v) is 3.86. The molecule has 96 valence electrons. The number of aromatic nitrogens is 1. The lowest BCUT2D eigenvalue weighted by atomic mass is 9.96. The van der Waals surface area contributed by atoms with Gasteiger partial charge in [-0.15, -0.1) is 0 Å². The first-order valence-corrected chi connectivity index (χ1v) is 6.96. The van der Waals surface area contributed by atoms with Crippen LogP contribution in [-0.4, -0.2) is 28.8 Å². The first-order valence-electron chi connectivity index (χ1n) is 6.17. The molecule has 1 N–H and O–H groups in total. The fourth-order valence-electron chi connectivity index (χ4n) is 2.48. The molecule has 2 heterocycles. The monoisotopic (exact) mass is 309 g/mol. The normalized spacial score (nSPS) is 23.8. The number of hydrogen-bond donors (Lipinski definition) is 1. The van der Waals surface area contributed by atoms with Crippen LogP contribution in [0, 0.1) is 11.3 Å². The smallest absolute Gasteiger partial charge is 0.165 e. The molecule has 4 nitrogen and oxygen atoms in total. The summed E-state index contributed by atoms with van der Waals surface area (Å²) in [5.74, 6) is 0. The van der Waals surface area contributed by atoms with E-state index in [1.165, 1.54) is 0 Å². The highest BCUT2D eigenvalue weighted by molar-refractivity contribution is 9.10. The molecule has 1 fully saturated rings. The van der Waals surface area contributed by atoms with E-state index in [0.29, 0.717) is 10.3 Å². The highest BCUT2D eigenvalue weighted by Crippen LogP contribution is 2.29. The molecule has 2 rings (SSSR count). The maximum atomic E-state index is 9.73. The Labute approximate surface area is 115 Å². The van der Waals surface area contributed by atoms with Crippen molar-refractivity contribution in [3.8, 4) is 6.07 Å². The summed E-state index contributed by atoms with van der Waals surface area (Å²) < 4.78 is 0.674. The van der Waals surface area contributed by atoms with Gasteiger partial charge in [0.2, 0.25) is 0 Å². The largest absolute Gasteiger partial charge is 0.393 e. The van der Waals surface area contributed by atoms with Crippen molar-refractivity contribution in [2.24, 2.45) is 0 Å². The van der Waals surface area contributed by atoms with Gasteiger partial charge in [0.1, 0.15) is 10.7 Å². The van der Waals surface area contributed by atoms with Crippen molar-refractivity contribution in [2.45, 2.75) is 38.3 Å². The van der Waals surface area contributed by atoms with Crippen LogP contribution in [0.3, 0.4) is 0 Å². The molecule has 1 aromatic heterocycles. The van der Waals surface area contributed by atoms with E-state index >= 15 is 0 Å². The lowest BCUT2D eigenvalue weighted by Gasteiger charge is -2.39. The summed E-state index contributed by atoms with van der Waals surface area (Å²) in [6.07, 6.45) is 2.24. The van der Waals surface area contributed by atoms with Crippen LogP contribution in [0.15, 0.2) is 16.7 Å². The van der Waals surface area contributed by atoms with Gasteiger partial charge in [-0.2, -0.15) is 5.26 Å². The topological polar surface area (TPSA) is 60.1 Å². The number of halogens is 1. The Morgan fingerprint density at radius 2 is 2.39 bits per heavy atom. The summed E-state index contributed by atoms with van der Waals surface area (Å²) in [5.41, 5.74) is 1.32. The van der Waals surface area contributed by atoms with Crippen molar-refractivity contribution < 1.29 is 5.11 Å². The van der Waals surface area contributed by atoms with Crippen LogP contribution >= 0.6 is 15.9 Å². The maximum absolute atomic E-state index is 9.73. The van der Waals surface area contributed by atoms with Gasteiger partial charge in [-0.05, 0) is 47.3 Å². The molecule has 0 spiro atoms. The SMILES string of the molecule is CC[C@@H]1C[C@H](O)CCN1c1ccc(Br)nc1C#N. The average molecular weight is 310 g/mol. The van der Waals surface area contributed by atoms with Gasteiger partial charge in [0.05, 0.1) is 11.8 Å². The Balaban J connectivity index is 2.33. The molecule has 2 atom stereocenters. The van der Waals surface area contributed by atoms with E-state index in [2.05, 4.69) is 38.8 Å². The van der Waals surface area contributed by atoms with E-state index < -0.39 is 0 Å². The summed E-state index contributed by atoms with van der Waals surface area (Å²) in [6, 6.07) is 6.21. The molecule has 0 aliphatic carbocycles. The number of nitriles is 1. The zero-order valence-electron chi connectivity index (χ0n) is 10.3.